The molecule has 2 atom stereocenters. The molecule has 0 spiro atoms. The number of ether oxygens (including phenoxy) is 2. The molecule has 9 nitrogen and oxygen atoms in total. The van der Waals surface area contributed by atoms with Crippen molar-refractivity contribution in [3.05, 3.63) is 85.1 Å². The predicted octanol–water partition coefficient (Wildman–Crippen LogP) is 12.0. The van der Waals surface area contributed by atoms with Crippen molar-refractivity contribution in [3.63, 3.8) is 0 Å². The molecule has 0 bridgehead atoms. The molecule has 0 aliphatic rings. The Hall–Kier alpha value is -2.81. The normalized spacial score (nSPS) is 14.2. The summed E-state index contributed by atoms with van der Waals surface area (Å²) in [4.78, 5) is 34.8. The topological polar surface area (TPSA) is 134 Å². The average Bonchev–Trinajstić information content (AvgIpc) is 3.17. The molecule has 0 aromatic rings. The minimum Gasteiger partial charge on any atom is -0.462 e. The molecule has 55 heavy (non-hydrogen) atoms. The number of carbonyl (C=O) groups excluding carboxylic acids is 2. The quantitative estimate of drug-likeness (QED) is 0.0271. The third kappa shape index (κ3) is 40.7. The standard InChI is InChI=1S/C45H76NO8P/c1-3-5-7-9-11-13-15-17-19-20-21-22-24-26-28-30-32-34-36-38-45(48)54-43(42-53-55(49,50)52-40-39-46)41-51-44(47)37-35-33-31-29-27-25-23-18-16-14-12-10-8-6-4-2/h11-14,17-19,21-23,26-29,43H,3-10,15-16,20,24-25,30-42,46H2,1-2H3,(H,49,50). The molecule has 10 heteroatoms. The van der Waals surface area contributed by atoms with Crippen LogP contribution in [-0.4, -0.2) is 49.3 Å². The van der Waals surface area contributed by atoms with Gasteiger partial charge >= 0.3 is 19.8 Å². The molecule has 0 rings (SSSR count). The van der Waals surface area contributed by atoms with E-state index in [1.165, 1.54) is 44.9 Å². The molecule has 0 heterocycles. The fraction of sp³-hybridized carbons (Fsp3) is 0.644. The monoisotopic (exact) mass is 790 g/mol. The molecule has 0 radical (unpaired) electrons. The van der Waals surface area contributed by atoms with E-state index in [4.69, 9.17) is 24.3 Å². The van der Waals surface area contributed by atoms with Gasteiger partial charge in [-0.2, -0.15) is 0 Å². The summed E-state index contributed by atoms with van der Waals surface area (Å²) in [6.45, 7) is 3.57. The molecule has 0 aromatic carbocycles. The highest BCUT2D eigenvalue weighted by Gasteiger charge is 2.25. The lowest BCUT2D eigenvalue weighted by atomic mass is 10.1. The van der Waals surface area contributed by atoms with Crippen LogP contribution in [-0.2, 0) is 32.7 Å². The van der Waals surface area contributed by atoms with Gasteiger partial charge < -0.3 is 20.1 Å². The SMILES string of the molecule is CCCCCC=CCC=CCC=CCC=CCCCCCC(=O)OC(COC(=O)CCCCC=CCC=CCC=CCCCCC)COP(=O)(O)OCCN. The van der Waals surface area contributed by atoms with E-state index in [1.54, 1.807) is 0 Å². The van der Waals surface area contributed by atoms with Gasteiger partial charge in [0.15, 0.2) is 6.10 Å². The summed E-state index contributed by atoms with van der Waals surface area (Å²) in [5, 5.41) is 0. The maximum atomic E-state index is 12.6. The zero-order valence-corrected chi connectivity index (χ0v) is 35.3. The molecule has 314 valence electrons. The number of esters is 2. The van der Waals surface area contributed by atoms with Crippen LogP contribution in [0.15, 0.2) is 85.1 Å². The number of rotatable bonds is 38. The Bertz CT molecular complexity index is 1170. The van der Waals surface area contributed by atoms with Crippen LogP contribution in [0.5, 0.6) is 0 Å². The summed E-state index contributed by atoms with van der Waals surface area (Å²) in [6.07, 6.45) is 50.4. The van der Waals surface area contributed by atoms with Gasteiger partial charge in [-0.25, -0.2) is 4.57 Å². The number of allylic oxidation sites excluding steroid dienone is 14. The summed E-state index contributed by atoms with van der Waals surface area (Å²) in [5.74, 6) is -0.919. The summed E-state index contributed by atoms with van der Waals surface area (Å²) in [5.41, 5.74) is 5.34. The van der Waals surface area contributed by atoms with Crippen LogP contribution >= 0.6 is 7.82 Å². The third-order valence-corrected chi connectivity index (χ3v) is 9.24. The van der Waals surface area contributed by atoms with Gasteiger partial charge in [-0.1, -0.05) is 131 Å². The molecular weight excluding hydrogens is 713 g/mol. The zero-order chi connectivity index (χ0) is 40.3. The Labute approximate surface area is 334 Å². The maximum Gasteiger partial charge on any atom is 0.472 e. The third-order valence-electron chi connectivity index (χ3n) is 8.25. The van der Waals surface area contributed by atoms with E-state index in [0.29, 0.717) is 12.8 Å². The molecule has 0 aliphatic carbocycles. The van der Waals surface area contributed by atoms with E-state index in [-0.39, 0.29) is 32.6 Å². The second-order valence-electron chi connectivity index (χ2n) is 13.5. The highest BCUT2D eigenvalue weighted by Crippen LogP contribution is 2.43. The van der Waals surface area contributed by atoms with Crippen molar-refractivity contribution in [1.82, 2.24) is 0 Å². The smallest absolute Gasteiger partial charge is 0.462 e. The molecule has 0 aromatic heterocycles. The van der Waals surface area contributed by atoms with Gasteiger partial charge in [-0.05, 0) is 96.3 Å². The van der Waals surface area contributed by atoms with Gasteiger partial charge in [0.1, 0.15) is 6.61 Å². The van der Waals surface area contributed by atoms with Crippen molar-refractivity contribution >= 4 is 19.8 Å². The number of unbranched alkanes of at least 4 members (excludes halogenated alkanes) is 11. The highest BCUT2D eigenvalue weighted by molar-refractivity contribution is 7.47. The summed E-state index contributed by atoms with van der Waals surface area (Å²) >= 11 is 0. The molecule has 0 amide bonds. The lowest BCUT2D eigenvalue weighted by Crippen LogP contribution is -2.29. The Morgan fingerprint density at radius 3 is 1.40 bits per heavy atom. The van der Waals surface area contributed by atoms with Gasteiger partial charge in [0.05, 0.1) is 13.2 Å². The predicted molar refractivity (Wildman–Crippen MR) is 229 cm³/mol. The van der Waals surface area contributed by atoms with Gasteiger partial charge in [0.2, 0.25) is 0 Å². The van der Waals surface area contributed by atoms with Crippen LogP contribution in [0.2, 0.25) is 0 Å². The van der Waals surface area contributed by atoms with E-state index < -0.39 is 32.5 Å². The molecule has 0 saturated heterocycles. The first-order valence-corrected chi connectivity index (χ1v) is 22.6. The summed E-state index contributed by atoms with van der Waals surface area (Å²) < 4.78 is 32.7. The fourth-order valence-corrected chi connectivity index (χ4v) is 5.86. The molecule has 0 aliphatic heterocycles. The minimum absolute atomic E-state index is 0.0380. The van der Waals surface area contributed by atoms with Crippen LogP contribution in [0.4, 0.5) is 0 Å². The van der Waals surface area contributed by atoms with E-state index in [0.717, 1.165) is 70.6 Å². The first kappa shape index (κ1) is 52.2. The number of phosphoric acid groups is 1. The first-order valence-electron chi connectivity index (χ1n) is 21.1. The van der Waals surface area contributed by atoms with Crippen LogP contribution in [0.3, 0.4) is 0 Å². The van der Waals surface area contributed by atoms with Crippen molar-refractivity contribution in [2.75, 3.05) is 26.4 Å². The maximum absolute atomic E-state index is 12.6. The number of carbonyl (C=O) groups is 2. The Kier molecular flexibility index (Phi) is 38.8. The minimum atomic E-state index is -4.40. The molecule has 0 saturated carbocycles. The molecule has 0 fully saturated rings. The van der Waals surface area contributed by atoms with E-state index >= 15 is 0 Å². The van der Waals surface area contributed by atoms with Crippen molar-refractivity contribution in [2.24, 2.45) is 5.73 Å². The number of phosphoric ester groups is 1. The van der Waals surface area contributed by atoms with Crippen molar-refractivity contribution < 1.29 is 37.6 Å². The largest absolute Gasteiger partial charge is 0.472 e. The Morgan fingerprint density at radius 1 is 0.545 bits per heavy atom. The Balaban J connectivity index is 4.33. The molecular formula is C45H76NO8P. The van der Waals surface area contributed by atoms with Crippen LogP contribution in [0.25, 0.3) is 0 Å². The number of hydrogen-bond acceptors (Lipinski definition) is 8. The zero-order valence-electron chi connectivity index (χ0n) is 34.4. The van der Waals surface area contributed by atoms with Gasteiger partial charge in [-0.15, -0.1) is 0 Å². The highest BCUT2D eigenvalue weighted by atomic mass is 31.2. The van der Waals surface area contributed by atoms with Crippen molar-refractivity contribution in [1.29, 1.82) is 0 Å². The van der Waals surface area contributed by atoms with E-state index in [1.807, 2.05) is 0 Å². The van der Waals surface area contributed by atoms with Crippen LogP contribution in [0.1, 0.15) is 155 Å². The van der Waals surface area contributed by atoms with Crippen LogP contribution in [0, 0.1) is 0 Å². The number of hydrogen-bond donors (Lipinski definition) is 2. The lowest BCUT2D eigenvalue weighted by molar-refractivity contribution is -0.161. The van der Waals surface area contributed by atoms with E-state index in [9.17, 15) is 19.0 Å². The van der Waals surface area contributed by atoms with Gasteiger partial charge in [0.25, 0.3) is 0 Å². The van der Waals surface area contributed by atoms with Gasteiger partial charge in [-0.3, -0.25) is 18.6 Å². The first-order chi connectivity index (χ1) is 26.8. The summed E-state index contributed by atoms with van der Waals surface area (Å²) in [7, 11) is -4.40. The second-order valence-corrected chi connectivity index (χ2v) is 14.9. The lowest BCUT2D eigenvalue weighted by Gasteiger charge is -2.19. The molecule has 2 unspecified atom stereocenters. The van der Waals surface area contributed by atoms with Gasteiger partial charge in [0, 0.05) is 19.4 Å². The molecule has 3 N–H and O–H groups in total. The van der Waals surface area contributed by atoms with Crippen molar-refractivity contribution in [2.45, 2.75) is 161 Å². The van der Waals surface area contributed by atoms with Crippen LogP contribution < -0.4 is 5.73 Å². The van der Waals surface area contributed by atoms with Crippen molar-refractivity contribution in [3.8, 4) is 0 Å². The fourth-order valence-electron chi connectivity index (χ4n) is 5.09. The second kappa shape index (κ2) is 40.8. The average molecular weight is 790 g/mol. The number of nitrogens with two attached hydrogens (primary N) is 1. The summed E-state index contributed by atoms with van der Waals surface area (Å²) in [6, 6.07) is 0. The van der Waals surface area contributed by atoms with E-state index in [2.05, 4.69) is 98.9 Å². The Morgan fingerprint density at radius 2 is 0.945 bits per heavy atom.